The third-order valence-electron chi connectivity index (χ3n) is 3.33. The Kier molecular flexibility index (Phi) is 5.02. The van der Waals surface area contributed by atoms with Crippen LogP contribution < -0.4 is 10.2 Å². The molecule has 1 N–H and O–H groups in total. The Morgan fingerprint density at radius 3 is 2.78 bits per heavy atom. The fraction of sp³-hybridized carbons (Fsp3) is 0.600. The summed E-state index contributed by atoms with van der Waals surface area (Å²) in [6.07, 6.45) is 1.18. The molecule has 0 radical (unpaired) electrons. The van der Waals surface area contributed by atoms with Gasteiger partial charge in [-0.15, -0.1) is 0 Å². The summed E-state index contributed by atoms with van der Waals surface area (Å²) in [5, 5.41) is 3.50. The van der Waals surface area contributed by atoms with E-state index in [0.29, 0.717) is 0 Å². The average molecular weight is 248 g/mol. The van der Waals surface area contributed by atoms with E-state index in [1.807, 2.05) is 0 Å². The smallest absolute Gasteiger partial charge is 0.0642 e. The van der Waals surface area contributed by atoms with Crippen LogP contribution in [0.15, 0.2) is 18.2 Å². The van der Waals surface area contributed by atoms with E-state index in [1.54, 1.807) is 0 Å². The maximum atomic E-state index is 5.43. The van der Waals surface area contributed by atoms with Gasteiger partial charge >= 0.3 is 0 Å². The van der Waals surface area contributed by atoms with E-state index >= 15 is 0 Å². The summed E-state index contributed by atoms with van der Waals surface area (Å²) >= 11 is 0. The van der Waals surface area contributed by atoms with E-state index in [9.17, 15) is 0 Å². The highest BCUT2D eigenvalue weighted by Crippen LogP contribution is 2.23. The highest BCUT2D eigenvalue weighted by molar-refractivity contribution is 5.55. The number of nitrogens with zero attached hydrogens (tertiary/aromatic N) is 1. The maximum absolute atomic E-state index is 5.43. The first-order valence-electron chi connectivity index (χ1n) is 6.94. The van der Waals surface area contributed by atoms with Gasteiger partial charge in [-0.25, -0.2) is 0 Å². The zero-order valence-corrected chi connectivity index (χ0v) is 11.5. The van der Waals surface area contributed by atoms with Crippen LogP contribution in [0, 0.1) is 6.92 Å². The second-order valence-electron chi connectivity index (χ2n) is 4.91. The predicted molar refractivity (Wildman–Crippen MR) is 76.2 cm³/mol. The van der Waals surface area contributed by atoms with Crippen molar-refractivity contribution in [3.05, 3.63) is 29.3 Å². The largest absolute Gasteiger partial charge is 0.378 e. The fourth-order valence-corrected chi connectivity index (χ4v) is 2.37. The monoisotopic (exact) mass is 248 g/mol. The molecule has 1 aliphatic heterocycles. The van der Waals surface area contributed by atoms with Crippen molar-refractivity contribution in [1.29, 1.82) is 0 Å². The van der Waals surface area contributed by atoms with Gasteiger partial charge in [0.1, 0.15) is 0 Å². The number of anilines is 1. The number of rotatable bonds is 5. The van der Waals surface area contributed by atoms with Gasteiger partial charge < -0.3 is 15.0 Å². The molecule has 1 aliphatic rings. The number of hydrogen-bond acceptors (Lipinski definition) is 3. The van der Waals surface area contributed by atoms with Crippen molar-refractivity contribution in [2.45, 2.75) is 26.8 Å². The lowest BCUT2D eigenvalue weighted by Gasteiger charge is -2.31. The van der Waals surface area contributed by atoms with Crippen molar-refractivity contribution in [2.24, 2.45) is 0 Å². The standard InChI is InChI=1S/C15H24N2O/c1-3-6-16-12-14-11-13(2)4-5-15(14)17-7-9-18-10-8-17/h4-5,11,16H,3,6-10,12H2,1-2H3. The zero-order chi connectivity index (χ0) is 12.8. The minimum absolute atomic E-state index is 0.843. The molecule has 0 aromatic heterocycles. The molecule has 1 saturated heterocycles. The van der Waals surface area contributed by atoms with Crippen LogP contribution in [-0.2, 0) is 11.3 Å². The molecule has 1 heterocycles. The van der Waals surface area contributed by atoms with Gasteiger partial charge in [0.05, 0.1) is 13.2 Å². The van der Waals surface area contributed by atoms with Crippen LogP contribution in [0.2, 0.25) is 0 Å². The second-order valence-corrected chi connectivity index (χ2v) is 4.91. The van der Waals surface area contributed by atoms with E-state index in [-0.39, 0.29) is 0 Å². The van der Waals surface area contributed by atoms with Crippen LogP contribution in [0.5, 0.6) is 0 Å². The Morgan fingerprint density at radius 2 is 2.06 bits per heavy atom. The Hall–Kier alpha value is -1.06. The van der Waals surface area contributed by atoms with E-state index in [2.05, 4.69) is 42.3 Å². The molecule has 18 heavy (non-hydrogen) atoms. The molecule has 3 nitrogen and oxygen atoms in total. The molecule has 1 fully saturated rings. The van der Waals surface area contributed by atoms with E-state index in [0.717, 1.165) is 39.4 Å². The normalized spacial score (nSPS) is 16.0. The van der Waals surface area contributed by atoms with Crippen molar-refractivity contribution in [1.82, 2.24) is 5.32 Å². The molecule has 1 aromatic carbocycles. The van der Waals surface area contributed by atoms with Gasteiger partial charge in [-0.05, 0) is 31.5 Å². The molecule has 0 spiro atoms. The maximum Gasteiger partial charge on any atom is 0.0642 e. The number of benzene rings is 1. The number of nitrogens with one attached hydrogen (secondary N) is 1. The number of ether oxygens (including phenoxy) is 1. The second kappa shape index (κ2) is 6.76. The average Bonchev–Trinajstić information content (AvgIpc) is 2.40. The minimum Gasteiger partial charge on any atom is -0.378 e. The van der Waals surface area contributed by atoms with E-state index in [4.69, 9.17) is 4.74 Å². The Morgan fingerprint density at radius 1 is 1.28 bits per heavy atom. The fourth-order valence-electron chi connectivity index (χ4n) is 2.37. The Labute approximate surface area is 110 Å². The topological polar surface area (TPSA) is 24.5 Å². The van der Waals surface area contributed by atoms with Crippen LogP contribution >= 0.6 is 0 Å². The summed E-state index contributed by atoms with van der Waals surface area (Å²) in [5.74, 6) is 0. The quantitative estimate of drug-likeness (QED) is 0.809. The summed E-state index contributed by atoms with van der Waals surface area (Å²) in [7, 11) is 0. The van der Waals surface area contributed by atoms with Gasteiger partial charge in [-0.1, -0.05) is 24.6 Å². The molecule has 0 bridgehead atoms. The van der Waals surface area contributed by atoms with Crippen LogP contribution in [0.25, 0.3) is 0 Å². The number of hydrogen-bond donors (Lipinski definition) is 1. The lowest BCUT2D eigenvalue weighted by Crippen LogP contribution is -2.37. The molecular weight excluding hydrogens is 224 g/mol. The van der Waals surface area contributed by atoms with Crippen molar-refractivity contribution in [3.8, 4) is 0 Å². The predicted octanol–water partition coefficient (Wildman–Crippen LogP) is 2.33. The van der Waals surface area contributed by atoms with E-state index in [1.165, 1.54) is 23.2 Å². The lowest BCUT2D eigenvalue weighted by atomic mass is 10.1. The summed E-state index contributed by atoms with van der Waals surface area (Å²) in [6, 6.07) is 6.76. The summed E-state index contributed by atoms with van der Waals surface area (Å²) in [5.41, 5.74) is 4.11. The number of aryl methyl sites for hydroxylation is 1. The van der Waals surface area contributed by atoms with Crippen LogP contribution in [0.1, 0.15) is 24.5 Å². The van der Waals surface area contributed by atoms with Crippen molar-refractivity contribution >= 4 is 5.69 Å². The van der Waals surface area contributed by atoms with Crippen molar-refractivity contribution in [3.63, 3.8) is 0 Å². The van der Waals surface area contributed by atoms with Gasteiger partial charge in [0.2, 0.25) is 0 Å². The first-order valence-corrected chi connectivity index (χ1v) is 6.94. The van der Waals surface area contributed by atoms with Gasteiger partial charge in [0, 0.05) is 25.3 Å². The Bertz CT molecular complexity index is 373. The van der Waals surface area contributed by atoms with Crippen LogP contribution in [-0.4, -0.2) is 32.8 Å². The minimum atomic E-state index is 0.843. The molecule has 2 rings (SSSR count). The molecule has 0 amide bonds. The summed E-state index contributed by atoms with van der Waals surface area (Å²) in [6.45, 7) is 10.1. The zero-order valence-electron chi connectivity index (χ0n) is 11.5. The summed E-state index contributed by atoms with van der Waals surface area (Å²) in [4.78, 5) is 2.44. The molecule has 0 unspecified atom stereocenters. The SMILES string of the molecule is CCCNCc1cc(C)ccc1N1CCOCC1. The lowest BCUT2D eigenvalue weighted by molar-refractivity contribution is 0.122. The molecule has 0 saturated carbocycles. The highest BCUT2D eigenvalue weighted by Gasteiger charge is 2.14. The van der Waals surface area contributed by atoms with Gasteiger partial charge in [0.15, 0.2) is 0 Å². The van der Waals surface area contributed by atoms with Crippen molar-refractivity contribution < 1.29 is 4.74 Å². The highest BCUT2D eigenvalue weighted by atomic mass is 16.5. The molecule has 0 atom stereocenters. The summed E-state index contributed by atoms with van der Waals surface area (Å²) < 4.78 is 5.43. The third kappa shape index (κ3) is 3.47. The number of morpholine rings is 1. The molecule has 1 aromatic rings. The van der Waals surface area contributed by atoms with Crippen molar-refractivity contribution in [2.75, 3.05) is 37.7 Å². The first-order chi connectivity index (χ1) is 8.81. The van der Waals surface area contributed by atoms with Gasteiger partial charge in [-0.2, -0.15) is 0 Å². The third-order valence-corrected chi connectivity index (χ3v) is 3.33. The molecular formula is C15H24N2O. The Balaban J connectivity index is 2.11. The van der Waals surface area contributed by atoms with E-state index < -0.39 is 0 Å². The molecule has 0 aliphatic carbocycles. The van der Waals surface area contributed by atoms with Crippen LogP contribution in [0.4, 0.5) is 5.69 Å². The molecule has 3 heteroatoms. The van der Waals surface area contributed by atoms with Gasteiger partial charge in [0.25, 0.3) is 0 Å². The van der Waals surface area contributed by atoms with Crippen LogP contribution in [0.3, 0.4) is 0 Å². The molecule has 100 valence electrons. The van der Waals surface area contributed by atoms with Gasteiger partial charge in [-0.3, -0.25) is 0 Å². The first kappa shape index (κ1) is 13.4.